The maximum atomic E-state index is 10.6. The molecule has 0 fully saturated rings. The summed E-state index contributed by atoms with van der Waals surface area (Å²) in [5.74, 6) is 3.15. The molecule has 0 amide bonds. The average Bonchev–Trinajstić information content (AvgIpc) is 2.23. The Morgan fingerprint density at radius 2 is 2.00 bits per heavy atom. The van der Waals surface area contributed by atoms with Crippen LogP contribution in [0.2, 0.25) is 19.6 Å². The number of halogens is 1. The number of carbonyl (C=O) groups is 1. The van der Waals surface area contributed by atoms with E-state index in [9.17, 15) is 4.79 Å². The first-order valence-electron chi connectivity index (χ1n) is 5.32. The number of benzene rings is 1. The molecule has 17 heavy (non-hydrogen) atoms. The summed E-state index contributed by atoms with van der Waals surface area (Å²) in [6, 6.07) is 7.61. The summed E-state index contributed by atoms with van der Waals surface area (Å²) in [6.07, 6.45) is 0. The third-order valence-corrected chi connectivity index (χ3v) is 2.91. The van der Waals surface area contributed by atoms with Crippen LogP contribution in [-0.4, -0.2) is 13.5 Å². The zero-order chi connectivity index (χ0) is 12.9. The summed E-state index contributed by atoms with van der Waals surface area (Å²) in [5.41, 5.74) is 4.27. The smallest absolute Gasteiger partial charge is 0.404 e. The quantitative estimate of drug-likeness (QED) is 0.462. The van der Waals surface area contributed by atoms with E-state index in [2.05, 4.69) is 31.1 Å². The van der Waals surface area contributed by atoms with Gasteiger partial charge in [-0.1, -0.05) is 43.8 Å². The van der Waals surface area contributed by atoms with Crippen LogP contribution in [0.5, 0.6) is 0 Å². The minimum absolute atomic E-state index is 0.166. The molecule has 0 aliphatic heterocycles. The zero-order valence-electron chi connectivity index (χ0n) is 10.2. The van der Waals surface area contributed by atoms with Gasteiger partial charge in [0.2, 0.25) is 0 Å². The third-order valence-electron chi connectivity index (χ3n) is 1.93. The van der Waals surface area contributed by atoms with Crippen molar-refractivity contribution in [3.05, 3.63) is 35.4 Å². The Bertz CT molecular complexity index is 466. The lowest BCUT2D eigenvalue weighted by molar-refractivity contribution is 0.167. The van der Waals surface area contributed by atoms with Gasteiger partial charge in [0.1, 0.15) is 14.7 Å². The molecule has 1 rings (SSSR count). The predicted octanol–water partition coefficient (Wildman–Crippen LogP) is 3.79. The van der Waals surface area contributed by atoms with E-state index in [4.69, 9.17) is 16.3 Å². The molecule has 0 atom stereocenters. The normalized spacial score (nSPS) is 10.4. The Balaban J connectivity index is 2.91. The number of rotatable bonds is 2. The second-order valence-corrected chi connectivity index (χ2v) is 9.74. The van der Waals surface area contributed by atoms with Crippen molar-refractivity contribution in [2.24, 2.45) is 0 Å². The minimum Gasteiger partial charge on any atom is -0.449 e. The van der Waals surface area contributed by atoms with Gasteiger partial charge < -0.3 is 4.74 Å². The topological polar surface area (TPSA) is 26.3 Å². The predicted molar refractivity (Wildman–Crippen MR) is 72.7 cm³/mol. The number of carbonyl (C=O) groups excluding carboxylic acids is 1. The molecule has 0 unspecified atom stereocenters. The SMILES string of the molecule is C[Si](C)(C)C#Cc1ccccc1COC(=O)Cl. The lowest BCUT2D eigenvalue weighted by Gasteiger charge is -2.06. The van der Waals surface area contributed by atoms with E-state index >= 15 is 0 Å². The Labute approximate surface area is 108 Å². The van der Waals surface area contributed by atoms with Crippen LogP contribution in [0.15, 0.2) is 24.3 Å². The molecular formula is C13H15ClO2Si. The molecular weight excluding hydrogens is 252 g/mol. The monoisotopic (exact) mass is 266 g/mol. The van der Waals surface area contributed by atoms with Crippen molar-refractivity contribution < 1.29 is 9.53 Å². The van der Waals surface area contributed by atoms with Crippen LogP contribution in [0.3, 0.4) is 0 Å². The first-order chi connectivity index (χ1) is 7.88. The summed E-state index contributed by atoms with van der Waals surface area (Å²) >= 11 is 5.14. The molecule has 4 heteroatoms. The van der Waals surface area contributed by atoms with Crippen molar-refractivity contribution >= 4 is 25.1 Å². The summed E-state index contributed by atoms with van der Waals surface area (Å²) in [4.78, 5) is 10.6. The van der Waals surface area contributed by atoms with Crippen molar-refractivity contribution in [1.82, 2.24) is 0 Å². The van der Waals surface area contributed by atoms with E-state index in [1.807, 2.05) is 24.3 Å². The Morgan fingerprint density at radius 1 is 1.35 bits per heavy atom. The van der Waals surface area contributed by atoms with Gasteiger partial charge in [-0.25, -0.2) is 4.79 Å². The maximum Gasteiger partial charge on any atom is 0.404 e. The van der Waals surface area contributed by atoms with Crippen LogP contribution in [0.25, 0.3) is 0 Å². The molecule has 0 aliphatic carbocycles. The Morgan fingerprint density at radius 3 is 2.59 bits per heavy atom. The molecule has 0 aliphatic rings. The molecule has 0 bridgehead atoms. The third kappa shape index (κ3) is 5.57. The molecule has 1 aromatic carbocycles. The largest absolute Gasteiger partial charge is 0.449 e. The first-order valence-corrected chi connectivity index (χ1v) is 9.19. The van der Waals surface area contributed by atoms with Crippen molar-refractivity contribution in [2.75, 3.05) is 0 Å². The van der Waals surface area contributed by atoms with E-state index < -0.39 is 13.5 Å². The summed E-state index contributed by atoms with van der Waals surface area (Å²) in [7, 11) is -1.40. The van der Waals surface area contributed by atoms with Gasteiger partial charge in [-0.2, -0.15) is 0 Å². The molecule has 0 radical (unpaired) electrons. The molecule has 0 spiro atoms. The van der Waals surface area contributed by atoms with Gasteiger partial charge in [0.05, 0.1) is 0 Å². The van der Waals surface area contributed by atoms with E-state index in [0.717, 1.165) is 11.1 Å². The maximum absolute atomic E-state index is 10.6. The second kappa shape index (κ2) is 5.90. The highest BCUT2D eigenvalue weighted by Gasteiger charge is 2.08. The highest BCUT2D eigenvalue weighted by Crippen LogP contribution is 2.10. The molecule has 0 saturated heterocycles. The fraction of sp³-hybridized carbons (Fsp3) is 0.308. The van der Waals surface area contributed by atoms with E-state index in [1.165, 1.54) is 0 Å². The van der Waals surface area contributed by atoms with E-state index in [1.54, 1.807) is 0 Å². The van der Waals surface area contributed by atoms with E-state index in [0.29, 0.717) is 0 Å². The van der Waals surface area contributed by atoms with Crippen LogP contribution in [0, 0.1) is 11.5 Å². The standard InChI is InChI=1S/C13H15ClO2Si/c1-17(2,3)9-8-11-6-4-5-7-12(11)10-16-13(14)15/h4-7H,10H2,1-3H3. The Kier molecular flexibility index (Phi) is 4.80. The van der Waals surface area contributed by atoms with Crippen molar-refractivity contribution in [3.8, 4) is 11.5 Å². The van der Waals surface area contributed by atoms with Crippen LogP contribution >= 0.6 is 11.6 Å². The highest BCUT2D eigenvalue weighted by molar-refractivity contribution is 6.83. The van der Waals surface area contributed by atoms with Gasteiger partial charge in [-0.3, -0.25) is 0 Å². The second-order valence-electron chi connectivity index (χ2n) is 4.68. The molecule has 0 N–H and O–H groups in total. The molecule has 0 saturated carbocycles. The van der Waals surface area contributed by atoms with Crippen LogP contribution in [0.4, 0.5) is 4.79 Å². The zero-order valence-corrected chi connectivity index (χ0v) is 12.0. The van der Waals surface area contributed by atoms with Crippen LogP contribution in [0.1, 0.15) is 11.1 Å². The van der Waals surface area contributed by atoms with Crippen LogP contribution in [-0.2, 0) is 11.3 Å². The summed E-state index contributed by atoms with van der Waals surface area (Å²) in [6.45, 7) is 6.71. The van der Waals surface area contributed by atoms with Crippen molar-refractivity contribution in [2.45, 2.75) is 26.2 Å². The summed E-state index contributed by atoms with van der Waals surface area (Å²) in [5, 5.41) is 0. The highest BCUT2D eigenvalue weighted by atomic mass is 35.5. The lowest BCUT2D eigenvalue weighted by atomic mass is 10.1. The first kappa shape index (κ1) is 13.8. The van der Waals surface area contributed by atoms with Crippen molar-refractivity contribution in [1.29, 1.82) is 0 Å². The Hall–Kier alpha value is -1.24. The molecule has 0 heterocycles. The van der Waals surface area contributed by atoms with Crippen LogP contribution < -0.4 is 0 Å². The van der Waals surface area contributed by atoms with Gasteiger partial charge in [0.25, 0.3) is 0 Å². The molecule has 0 aromatic heterocycles. The fourth-order valence-corrected chi connectivity index (χ4v) is 1.72. The van der Waals surface area contributed by atoms with Gasteiger partial charge in [-0.05, 0) is 6.07 Å². The minimum atomic E-state index is -1.40. The molecule has 1 aromatic rings. The number of ether oxygens (including phenoxy) is 1. The van der Waals surface area contributed by atoms with Gasteiger partial charge in [-0.15, -0.1) is 5.54 Å². The number of hydrogen-bond acceptors (Lipinski definition) is 2. The van der Waals surface area contributed by atoms with Gasteiger partial charge >= 0.3 is 5.43 Å². The lowest BCUT2D eigenvalue weighted by Crippen LogP contribution is -2.16. The van der Waals surface area contributed by atoms with Crippen molar-refractivity contribution in [3.63, 3.8) is 0 Å². The molecule has 2 nitrogen and oxygen atoms in total. The molecule has 90 valence electrons. The van der Waals surface area contributed by atoms with E-state index in [-0.39, 0.29) is 6.61 Å². The summed E-state index contributed by atoms with van der Waals surface area (Å²) < 4.78 is 4.77. The fourth-order valence-electron chi connectivity index (χ4n) is 1.16. The number of hydrogen-bond donors (Lipinski definition) is 0. The average molecular weight is 267 g/mol. The van der Waals surface area contributed by atoms with Gasteiger partial charge in [0.15, 0.2) is 0 Å². The van der Waals surface area contributed by atoms with Gasteiger partial charge in [0, 0.05) is 22.7 Å².